The number of carboxylic acid groups (broad SMARTS) is 2. The van der Waals surface area contributed by atoms with Crippen LogP contribution in [-0.4, -0.2) is 61.0 Å². The van der Waals surface area contributed by atoms with Crippen LogP contribution in [0, 0.1) is 0 Å². The molecule has 0 aliphatic rings. The van der Waals surface area contributed by atoms with E-state index in [2.05, 4.69) is 5.32 Å². The molecule has 0 fully saturated rings. The first-order valence-corrected chi connectivity index (χ1v) is 10.7. The Balaban J connectivity index is 0.00000512. The standard InChI is InChI=1S/C20H23N3O7S.Cu/c21-31(29,30)17-7-3-14(4-8-17)9-10-22-20(28)16-5-1-15(2-6-16)11-23(12-18(24)25)13-19(26)27;/h1-8H,9-13H2,(H,22,28)(H,24,25)(H,26,27)(H2,21,29,30);. The normalized spacial score (nSPS) is 10.9. The summed E-state index contributed by atoms with van der Waals surface area (Å²) in [4.78, 5) is 35.3. The molecule has 0 heterocycles. The Labute approximate surface area is 195 Å². The maximum Gasteiger partial charge on any atom is 0.317 e. The van der Waals surface area contributed by atoms with Crippen LogP contribution in [0.2, 0.25) is 0 Å². The number of carbonyl (C=O) groups excluding carboxylic acids is 1. The molecule has 0 saturated heterocycles. The molecule has 0 aliphatic carbocycles. The molecule has 0 aliphatic heterocycles. The molecule has 0 bridgehead atoms. The number of nitrogens with two attached hydrogens (primary N) is 1. The Bertz CT molecular complexity index is 1030. The maximum atomic E-state index is 12.3. The van der Waals surface area contributed by atoms with E-state index in [0.29, 0.717) is 24.1 Å². The molecule has 12 heteroatoms. The summed E-state index contributed by atoms with van der Waals surface area (Å²) in [6.07, 6.45) is 0.494. The van der Waals surface area contributed by atoms with Gasteiger partial charge < -0.3 is 15.5 Å². The number of nitrogens with one attached hydrogen (secondary N) is 1. The Morgan fingerprint density at radius 3 is 1.84 bits per heavy atom. The SMILES string of the molecule is NS(=O)(=O)c1ccc(CCNC(=O)c2ccc(CN(CC(=O)O)CC(=O)O)cc2)cc1.[Cu]. The molecule has 0 aromatic heterocycles. The summed E-state index contributed by atoms with van der Waals surface area (Å²) >= 11 is 0. The van der Waals surface area contributed by atoms with Gasteiger partial charge in [0.15, 0.2) is 0 Å². The van der Waals surface area contributed by atoms with E-state index in [9.17, 15) is 22.8 Å². The maximum absolute atomic E-state index is 12.3. The van der Waals surface area contributed by atoms with Crippen LogP contribution < -0.4 is 10.5 Å². The average Bonchev–Trinajstić information content (AvgIpc) is 2.67. The molecule has 0 atom stereocenters. The van der Waals surface area contributed by atoms with Gasteiger partial charge in [-0.1, -0.05) is 24.3 Å². The minimum atomic E-state index is -3.74. The van der Waals surface area contributed by atoms with E-state index in [4.69, 9.17) is 15.4 Å². The van der Waals surface area contributed by atoms with Crippen molar-refractivity contribution < 1.29 is 50.1 Å². The van der Waals surface area contributed by atoms with Gasteiger partial charge in [-0.15, -0.1) is 0 Å². The minimum absolute atomic E-state index is 0. The number of amides is 1. The van der Waals surface area contributed by atoms with Crippen LogP contribution in [0.15, 0.2) is 53.4 Å². The molecule has 2 aromatic rings. The van der Waals surface area contributed by atoms with Crippen molar-refractivity contribution in [1.82, 2.24) is 10.2 Å². The predicted molar refractivity (Wildman–Crippen MR) is 111 cm³/mol. The summed E-state index contributed by atoms with van der Waals surface area (Å²) < 4.78 is 22.5. The largest absolute Gasteiger partial charge is 0.480 e. The molecular formula is C20H23CuN3O7S. The second kappa shape index (κ2) is 12.3. The molecule has 5 N–H and O–H groups in total. The van der Waals surface area contributed by atoms with Crippen molar-refractivity contribution in [3.8, 4) is 0 Å². The van der Waals surface area contributed by atoms with Crippen LogP contribution in [0.25, 0.3) is 0 Å². The van der Waals surface area contributed by atoms with Gasteiger partial charge in [0, 0.05) is 35.7 Å². The molecule has 10 nitrogen and oxygen atoms in total. The van der Waals surface area contributed by atoms with Crippen molar-refractivity contribution in [1.29, 1.82) is 0 Å². The zero-order chi connectivity index (χ0) is 23.0. The Morgan fingerprint density at radius 1 is 0.875 bits per heavy atom. The van der Waals surface area contributed by atoms with Crippen LogP contribution >= 0.6 is 0 Å². The fourth-order valence-corrected chi connectivity index (χ4v) is 3.35. The topological polar surface area (TPSA) is 167 Å². The number of aliphatic carboxylic acids is 2. The number of sulfonamides is 1. The quantitative estimate of drug-likeness (QED) is 0.311. The molecular weight excluding hydrogens is 490 g/mol. The third-order valence-corrected chi connectivity index (χ3v) is 5.22. The third kappa shape index (κ3) is 9.16. The van der Waals surface area contributed by atoms with Gasteiger partial charge in [0.1, 0.15) is 0 Å². The monoisotopic (exact) mass is 512 g/mol. The molecule has 2 aromatic carbocycles. The summed E-state index contributed by atoms with van der Waals surface area (Å²) in [5, 5.41) is 25.6. The molecule has 1 amide bonds. The molecule has 32 heavy (non-hydrogen) atoms. The summed E-state index contributed by atoms with van der Waals surface area (Å²) in [5.74, 6) is -2.56. The van der Waals surface area contributed by atoms with E-state index < -0.39 is 35.1 Å². The number of carboxylic acids is 2. The fraction of sp³-hybridized carbons (Fsp3) is 0.250. The zero-order valence-corrected chi connectivity index (χ0v) is 18.6. The molecule has 1 radical (unpaired) electrons. The van der Waals surface area contributed by atoms with E-state index in [0.717, 1.165) is 5.56 Å². The summed E-state index contributed by atoms with van der Waals surface area (Å²) in [7, 11) is -3.74. The van der Waals surface area contributed by atoms with Crippen LogP contribution in [0.5, 0.6) is 0 Å². The summed E-state index contributed by atoms with van der Waals surface area (Å²) in [6.45, 7) is -0.366. The number of rotatable bonds is 11. The number of primary sulfonamides is 1. The van der Waals surface area contributed by atoms with Gasteiger partial charge in [0.05, 0.1) is 18.0 Å². The van der Waals surface area contributed by atoms with Crippen molar-refractivity contribution in [3.63, 3.8) is 0 Å². The molecule has 0 spiro atoms. The molecule has 177 valence electrons. The summed E-state index contributed by atoms with van der Waals surface area (Å²) in [5.41, 5.74) is 1.91. The fourth-order valence-electron chi connectivity index (χ4n) is 2.84. The number of benzene rings is 2. The van der Waals surface area contributed by atoms with Crippen molar-refractivity contribution >= 4 is 27.9 Å². The first kappa shape index (κ1) is 27.3. The van der Waals surface area contributed by atoms with Crippen LogP contribution in [0.3, 0.4) is 0 Å². The van der Waals surface area contributed by atoms with E-state index in [1.54, 1.807) is 36.4 Å². The van der Waals surface area contributed by atoms with E-state index >= 15 is 0 Å². The van der Waals surface area contributed by atoms with Crippen molar-refractivity contribution in [2.45, 2.75) is 17.9 Å². The Kier molecular flexibility index (Phi) is 10.5. The Morgan fingerprint density at radius 2 is 1.38 bits per heavy atom. The summed E-state index contributed by atoms with van der Waals surface area (Å²) in [6, 6.07) is 12.5. The van der Waals surface area contributed by atoms with Gasteiger partial charge in [-0.05, 0) is 41.8 Å². The van der Waals surface area contributed by atoms with E-state index in [1.807, 2.05) is 0 Å². The molecule has 0 saturated carbocycles. The van der Waals surface area contributed by atoms with E-state index in [-0.39, 0.29) is 34.4 Å². The smallest absolute Gasteiger partial charge is 0.317 e. The van der Waals surface area contributed by atoms with Crippen LogP contribution in [-0.2, 0) is 49.6 Å². The van der Waals surface area contributed by atoms with Gasteiger partial charge in [0.25, 0.3) is 5.91 Å². The predicted octanol–water partition coefficient (Wildman–Crippen LogP) is 0.275. The number of hydrogen-bond acceptors (Lipinski definition) is 6. The van der Waals surface area contributed by atoms with Gasteiger partial charge in [-0.25, -0.2) is 13.6 Å². The van der Waals surface area contributed by atoms with Crippen LogP contribution in [0.1, 0.15) is 21.5 Å². The number of nitrogens with zero attached hydrogens (tertiary/aromatic N) is 1. The second-order valence-electron chi connectivity index (χ2n) is 6.82. The second-order valence-corrected chi connectivity index (χ2v) is 8.39. The van der Waals surface area contributed by atoms with Crippen molar-refractivity contribution in [3.05, 3.63) is 65.2 Å². The first-order valence-electron chi connectivity index (χ1n) is 9.19. The van der Waals surface area contributed by atoms with Crippen molar-refractivity contribution in [2.24, 2.45) is 5.14 Å². The van der Waals surface area contributed by atoms with Gasteiger partial charge in [-0.3, -0.25) is 19.3 Å². The molecule has 2 rings (SSSR count). The average molecular weight is 513 g/mol. The van der Waals surface area contributed by atoms with Crippen molar-refractivity contribution in [2.75, 3.05) is 19.6 Å². The number of carbonyl (C=O) groups is 3. The zero-order valence-electron chi connectivity index (χ0n) is 16.8. The van der Waals surface area contributed by atoms with Gasteiger partial charge >= 0.3 is 11.9 Å². The first-order chi connectivity index (χ1) is 14.5. The van der Waals surface area contributed by atoms with Gasteiger partial charge in [0.2, 0.25) is 10.0 Å². The van der Waals surface area contributed by atoms with Crippen LogP contribution in [0.4, 0.5) is 0 Å². The van der Waals surface area contributed by atoms with Gasteiger partial charge in [-0.2, -0.15) is 0 Å². The third-order valence-electron chi connectivity index (χ3n) is 4.29. The Hall–Kier alpha value is -2.76. The molecule has 0 unspecified atom stereocenters. The number of hydrogen-bond donors (Lipinski definition) is 4. The van der Waals surface area contributed by atoms with E-state index in [1.165, 1.54) is 17.0 Å². The minimum Gasteiger partial charge on any atom is -0.480 e.